The van der Waals surface area contributed by atoms with Crippen molar-refractivity contribution < 1.29 is 13.2 Å². The van der Waals surface area contributed by atoms with E-state index in [4.69, 9.17) is 11.6 Å². The fourth-order valence-electron chi connectivity index (χ4n) is 3.01. The number of hydrogen-bond acceptors (Lipinski definition) is 4. The van der Waals surface area contributed by atoms with E-state index in [-0.39, 0.29) is 23.4 Å². The van der Waals surface area contributed by atoms with Crippen LogP contribution in [0.4, 0.5) is 0 Å². The van der Waals surface area contributed by atoms with Crippen LogP contribution in [-0.2, 0) is 21.4 Å². The summed E-state index contributed by atoms with van der Waals surface area (Å²) in [5.74, 6) is -0.383. The van der Waals surface area contributed by atoms with Gasteiger partial charge in [0.05, 0.1) is 10.9 Å². The Morgan fingerprint density at radius 1 is 1.10 bits per heavy atom. The summed E-state index contributed by atoms with van der Waals surface area (Å²) in [6, 6.07) is 9.36. The minimum absolute atomic E-state index is 0.0154. The van der Waals surface area contributed by atoms with Crippen LogP contribution in [-0.4, -0.2) is 36.3 Å². The van der Waals surface area contributed by atoms with Gasteiger partial charge in [0.25, 0.3) is 5.56 Å². The lowest BCUT2D eigenvalue weighted by molar-refractivity contribution is -0.122. The highest BCUT2D eigenvalue weighted by Gasteiger charge is 2.23. The van der Waals surface area contributed by atoms with Gasteiger partial charge >= 0.3 is 0 Å². The lowest BCUT2D eigenvalue weighted by Crippen LogP contribution is -2.35. The summed E-state index contributed by atoms with van der Waals surface area (Å²) in [6.07, 6.45) is 1.87. The number of rotatable bonds is 9. The Hall–Kier alpha value is -2.16. The van der Waals surface area contributed by atoms with Crippen molar-refractivity contribution in [2.75, 3.05) is 13.1 Å². The van der Waals surface area contributed by atoms with Crippen molar-refractivity contribution in [3.8, 4) is 0 Å². The normalized spacial score (nSPS) is 12.7. The van der Waals surface area contributed by atoms with Gasteiger partial charge in [-0.15, -0.1) is 0 Å². The highest BCUT2D eigenvalue weighted by atomic mass is 35.5. The first-order valence-electron chi connectivity index (χ1n) is 9.48. The van der Waals surface area contributed by atoms with E-state index in [2.05, 4.69) is 5.32 Å². The van der Waals surface area contributed by atoms with E-state index in [1.807, 2.05) is 19.1 Å². The fourth-order valence-corrected chi connectivity index (χ4v) is 4.61. The van der Waals surface area contributed by atoms with Crippen molar-refractivity contribution in [1.82, 2.24) is 14.2 Å². The molecule has 1 N–H and O–H groups in total. The second-order valence-electron chi connectivity index (χ2n) is 6.50. The molecule has 2 aromatic rings. The Labute approximate surface area is 176 Å². The number of hydrogen-bond donors (Lipinski definition) is 1. The van der Waals surface area contributed by atoms with Gasteiger partial charge in [0.2, 0.25) is 15.9 Å². The molecule has 9 heteroatoms. The van der Waals surface area contributed by atoms with Crippen LogP contribution in [0.3, 0.4) is 0 Å². The Balaban J connectivity index is 2.21. The number of carbonyl (C=O) groups is 1. The van der Waals surface area contributed by atoms with E-state index in [0.29, 0.717) is 24.5 Å². The van der Waals surface area contributed by atoms with Gasteiger partial charge in [0.15, 0.2) is 0 Å². The van der Waals surface area contributed by atoms with Gasteiger partial charge in [-0.25, -0.2) is 8.42 Å². The number of carbonyl (C=O) groups excluding carboxylic acids is 1. The molecule has 0 aliphatic heterocycles. The largest absolute Gasteiger partial charge is 0.348 e. The van der Waals surface area contributed by atoms with Crippen LogP contribution < -0.4 is 10.9 Å². The highest BCUT2D eigenvalue weighted by Crippen LogP contribution is 2.19. The Morgan fingerprint density at radius 2 is 1.72 bits per heavy atom. The molecule has 1 heterocycles. The molecule has 0 spiro atoms. The molecule has 0 saturated heterocycles. The van der Waals surface area contributed by atoms with Crippen molar-refractivity contribution in [3.05, 3.63) is 63.5 Å². The molecule has 1 aromatic heterocycles. The lowest BCUT2D eigenvalue weighted by Gasteiger charge is -2.20. The first-order chi connectivity index (χ1) is 13.7. The van der Waals surface area contributed by atoms with E-state index >= 15 is 0 Å². The van der Waals surface area contributed by atoms with Crippen LogP contribution in [0.5, 0.6) is 0 Å². The maximum Gasteiger partial charge on any atom is 0.251 e. The second-order valence-corrected chi connectivity index (χ2v) is 8.87. The van der Waals surface area contributed by atoms with Crippen molar-refractivity contribution >= 4 is 27.5 Å². The molecular weight excluding hydrogens is 414 g/mol. The topological polar surface area (TPSA) is 88.5 Å². The van der Waals surface area contributed by atoms with Crippen LogP contribution in [0, 0.1) is 0 Å². The molecule has 1 amide bonds. The molecule has 1 atom stereocenters. The minimum atomic E-state index is -3.72. The number of halogens is 1. The summed E-state index contributed by atoms with van der Waals surface area (Å²) in [7, 11) is -3.72. The van der Waals surface area contributed by atoms with Crippen LogP contribution in [0.25, 0.3) is 0 Å². The predicted octanol–water partition coefficient (Wildman–Crippen LogP) is 2.80. The monoisotopic (exact) mass is 439 g/mol. The van der Waals surface area contributed by atoms with Crippen molar-refractivity contribution in [3.63, 3.8) is 0 Å². The van der Waals surface area contributed by atoms with Crippen LogP contribution in [0.15, 0.2) is 52.3 Å². The third-order valence-corrected chi connectivity index (χ3v) is 6.91. The van der Waals surface area contributed by atoms with E-state index in [1.165, 1.54) is 22.6 Å². The Morgan fingerprint density at radius 3 is 2.28 bits per heavy atom. The number of amides is 1. The molecule has 0 aliphatic rings. The van der Waals surface area contributed by atoms with Gasteiger partial charge in [0.1, 0.15) is 6.54 Å². The quantitative estimate of drug-likeness (QED) is 0.650. The van der Waals surface area contributed by atoms with Gasteiger partial charge in [-0.1, -0.05) is 44.5 Å². The van der Waals surface area contributed by atoms with E-state index in [1.54, 1.807) is 26.0 Å². The smallest absolute Gasteiger partial charge is 0.251 e. The molecule has 158 valence electrons. The van der Waals surface area contributed by atoms with Crippen molar-refractivity contribution in [2.24, 2.45) is 0 Å². The number of sulfonamides is 1. The average molecular weight is 440 g/mol. The first-order valence-corrected chi connectivity index (χ1v) is 11.3. The van der Waals surface area contributed by atoms with Crippen molar-refractivity contribution in [1.29, 1.82) is 0 Å². The molecule has 1 unspecified atom stereocenters. The zero-order valence-electron chi connectivity index (χ0n) is 16.8. The van der Waals surface area contributed by atoms with E-state index in [0.717, 1.165) is 10.1 Å². The summed E-state index contributed by atoms with van der Waals surface area (Å²) >= 11 is 5.91. The van der Waals surface area contributed by atoms with Gasteiger partial charge in [-0.2, -0.15) is 4.31 Å². The standard InChI is InChI=1S/C20H26ClN3O4S/c1-4-18(15-7-9-16(21)10-8-15)22-19(25)14-23-13-17(11-12-20(23)26)29(27,28)24(5-2)6-3/h7-13,18H,4-6,14H2,1-3H3,(H,22,25). The van der Waals surface area contributed by atoms with Gasteiger partial charge in [-0.3, -0.25) is 9.59 Å². The lowest BCUT2D eigenvalue weighted by atomic mass is 10.0. The van der Waals surface area contributed by atoms with E-state index < -0.39 is 15.6 Å². The number of nitrogens with zero attached hydrogens (tertiary/aromatic N) is 2. The molecule has 0 saturated carbocycles. The highest BCUT2D eigenvalue weighted by molar-refractivity contribution is 7.89. The van der Waals surface area contributed by atoms with Crippen LogP contribution in [0.2, 0.25) is 5.02 Å². The Bertz CT molecular complexity index is 999. The molecule has 1 aromatic carbocycles. The summed E-state index contributed by atoms with van der Waals surface area (Å²) in [5.41, 5.74) is 0.452. The van der Waals surface area contributed by atoms with Crippen LogP contribution >= 0.6 is 11.6 Å². The molecular formula is C20H26ClN3O4S. The SMILES string of the molecule is CCC(NC(=O)Cn1cc(S(=O)(=O)N(CC)CC)ccc1=O)c1ccc(Cl)cc1. The summed E-state index contributed by atoms with van der Waals surface area (Å²) in [5, 5.41) is 3.48. The molecule has 0 fully saturated rings. The summed E-state index contributed by atoms with van der Waals surface area (Å²) in [4.78, 5) is 24.7. The van der Waals surface area contributed by atoms with Crippen molar-refractivity contribution in [2.45, 2.75) is 44.7 Å². The first kappa shape index (κ1) is 23.1. The molecule has 0 bridgehead atoms. The number of pyridine rings is 1. The predicted molar refractivity (Wildman–Crippen MR) is 113 cm³/mol. The molecule has 0 aliphatic carbocycles. The minimum Gasteiger partial charge on any atom is -0.348 e. The number of benzene rings is 1. The third-order valence-electron chi connectivity index (χ3n) is 4.63. The average Bonchev–Trinajstić information content (AvgIpc) is 2.69. The fraction of sp³-hybridized carbons (Fsp3) is 0.400. The zero-order chi connectivity index (χ0) is 21.6. The molecule has 7 nitrogen and oxygen atoms in total. The zero-order valence-corrected chi connectivity index (χ0v) is 18.3. The molecule has 29 heavy (non-hydrogen) atoms. The third kappa shape index (κ3) is 5.68. The Kier molecular flexibility index (Phi) is 8.01. The number of nitrogens with one attached hydrogen (secondary N) is 1. The maximum absolute atomic E-state index is 12.7. The summed E-state index contributed by atoms with van der Waals surface area (Å²) in [6.45, 7) is 5.78. The molecule has 0 radical (unpaired) electrons. The van der Waals surface area contributed by atoms with Crippen LogP contribution in [0.1, 0.15) is 38.8 Å². The summed E-state index contributed by atoms with van der Waals surface area (Å²) < 4.78 is 27.8. The van der Waals surface area contributed by atoms with E-state index in [9.17, 15) is 18.0 Å². The van der Waals surface area contributed by atoms with Gasteiger partial charge in [-0.05, 0) is 30.2 Å². The second kappa shape index (κ2) is 10.0. The van der Waals surface area contributed by atoms with Gasteiger partial charge < -0.3 is 9.88 Å². The molecule has 2 rings (SSSR count). The number of aromatic nitrogens is 1. The maximum atomic E-state index is 12.7. The van der Waals surface area contributed by atoms with Gasteiger partial charge in [0, 0.05) is 30.4 Å².